The van der Waals surface area contributed by atoms with E-state index in [0.29, 0.717) is 32.4 Å². The standard InChI is InChI=1S/C59H78N8O5/c1-41(2)54(66-33-25-59(44(66)5)24-32-65(38-59)42(3)18-17-30-64-28-12-10-13-29-64)56(69)62-51(57(70)67-31-14-11-27-61-67)35-45-19-15-20-46(34-45)47-22-23-52-49(36-47)50(37-58(6,7)39-72-40-68)55(63(52)8)48-21-16-26-60-53(48)43(4)71-9/h15-16,19-23,26,34,36,40-41,43,51,54,61H,3,5,10-14,24-25,27-33,35,37-39H2,1-2,4,6-9H3,(H,62,69). The number of ether oxygens (including phenoxy) is 2. The minimum atomic E-state index is -0.803. The van der Waals surface area contributed by atoms with Gasteiger partial charge in [0, 0.05) is 92.5 Å². The first-order chi connectivity index (χ1) is 34.6. The van der Waals surface area contributed by atoms with E-state index in [1.54, 1.807) is 18.3 Å². The smallest absolute Gasteiger partial charge is 0.293 e. The van der Waals surface area contributed by atoms with Crippen LogP contribution in [0.3, 0.4) is 0 Å². The Morgan fingerprint density at radius 3 is 2.47 bits per heavy atom. The molecule has 0 aliphatic carbocycles. The second-order valence-electron chi connectivity index (χ2n) is 21.9. The van der Waals surface area contributed by atoms with Gasteiger partial charge in [-0.25, -0.2) is 5.43 Å². The van der Waals surface area contributed by atoms with E-state index in [1.165, 1.54) is 19.3 Å². The lowest BCUT2D eigenvalue weighted by Gasteiger charge is -2.37. The molecule has 1 spiro atoms. The third-order valence-corrected chi connectivity index (χ3v) is 15.8. The summed E-state index contributed by atoms with van der Waals surface area (Å²) in [6, 6.07) is 17.6. The largest absolute Gasteiger partial charge is 0.467 e. The van der Waals surface area contributed by atoms with Crippen molar-refractivity contribution >= 4 is 29.2 Å². The number of nitrogens with zero attached hydrogens (tertiary/aromatic N) is 6. The fourth-order valence-corrected chi connectivity index (χ4v) is 11.7. The zero-order valence-corrected chi connectivity index (χ0v) is 44.0. The highest BCUT2D eigenvalue weighted by molar-refractivity contribution is 5.95. The molecular formula is C59H78N8O5. The SMILES string of the molecule is C=C(C#CCN1CCCCC1)N1CCC2(CCN(C(C(=O)NC(Cc3cccc(-c4ccc5c(c4)c(CC(C)(C)COC=O)c(-c4cccnc4C(C)OC)n5C)c3)C(=O)N3CCCCN3)C(C)C)C2=C)C1. The average Bonchev–Trinajstić information content (AvgIpc) is 4.05. The van der Waals surface area contributed by atoms with E-state index in [2.05, 4.69) is 120 Å². The lowest BCUT2D eigenvalue weighted by molar-refractivity contribution is -0.141. The van der Waals surface area contributed by atoms with Crippen molar-refractivity contribution in [2.75, 3.05) is 66.1 Å². The van der Waals surface area contributed by atoms with Crippen LogP contribution in [0.15, 0.2) is 85.3 Å². The second-order valence-corrected chi connectivity index (χ2v) is 21.9. The molecule has 2 N–H and O–H groups in total. The summed E-state index contributed by atoms with van der Waals surface area (Å²) in [7, 11) is 3.78. The van der Waals surface area contributed by atoms with Gasteiger partial charge in [0.15, 0.2) is 0 Å². The van der Waals surface area contributed by atoms with E-state index < -0.39 is 12.1 Å². The van der Waals surface area contributed by atoms with Gasteiger partial charge in [0.1, 0.15) is 12.1 Å². The Morgan fingerprint density at radius 2 is 1.74 bits per heavy atom. The first kappa shape index (κ1) is 52.4. The number of carbonyl (C=O) groups is 3. The van der Waals surface area contributed by atoms with Crippen LogP contribution in [-0.4, -0.2) is 126 Å². The van der Waals surface area contributed by atoms with Crippen molar-refractivity contribution in [1.29, 1.82) is 0 Å². The summed E-state index contributed by atoms with van der Waals surface area (Å²) in [5.41, 5.74) is 12.6. The van der Waals surface area contributed by atoms with Crippen molar-refractivity contribution in [3.05, 3.63) is 102 Å². The molecule has 4 aliphatic heterocycles. The van der Waals surface area contributed by atoms with Crippen LogP contribution in [0, 0.1) is 28.6 Å². The van der Waals surface area contributed by atoms with E-state index in [-0.39, 0.29) is 41.3 Å². The van der Waals surface area contributed by atoms with Crippen LogP contribution in [0.25, 0.3) is 33.3 Å². The highest BCUT2D eigenvalue weighted by atomic mass is 16.5. The van der Waals surface area contributed by atoms with Crippen LogP contribution in [0.5, 0.6) is 0 Å². The number of allylic oxidation sites excluding steroid dienone is 1. The molecule has 4 aliphatic rings. The summed E-state index contributed by atoms with van der Waals surface area (Å²) in [5, 5.41) is 6.10. The molecule has 4 atom stereocenters. The Bertz CT molecular complexity index is 2680. The minimum Gasteiger partial charge on any atom is -0.467 e. The molecule has 2 aromatic heterocycles. The molecule has 13 heteroatoms. The van der Waals surface area contributed by atoms with E-state index in [0.717, 1.165) is 126 Å². The van der Waals surface area contributed by atoms with Crippen molar-refractivity contribution in [3.63, 3.8) is 0 Å². The molecule has 2 amide bonds. The Labute approximate surface area is 428 Å². The predicted molar refractivity (Wildman–Crippen MR) is 286 cm³/mol. The van der Waals surface area contributed by atoms with Gasteiger partial charge < -0.3 is 29.2 Å². The van der Waals surface area contributed by atoms with Crippen molar-refractivity contribution in [1.82, 2.24) is 40.0 Å². The summed E-state index contributed by atoms with van der Waals surface area (Å²) in [4.78, 5) is 52.6. The molecule has 6 heterocycles. The summed E-state index contributed by atoms with van der Waals surface area (Å²) < 4.78 is 13.4. The molecule has 8 rings (SSSR count). The third kappa shape index (κ3) is 11.5. The number of carbonyl (C=O) groups excluding carboxylic acids is 3. The van der Waals surface area contributed by atoms with Gasteiger partial charge in [-0.05, 0) is 123 Å². The third-order valence-electron chi connectivity index (χ3n) is 15.8. The van der Waals surface area contributed by atoms with Crippen LogP contribution < -0.4 is 10.7 Å². The molecule has 0 saturated carbocycles. The number of amides is 2. The number of hydrogen-bond acceptors (Lipinski definition) is 10. The van der Waals surface area contributed by atoms with Crippen molar-refractivity contribution in [2.24, 2.45) is 23.8 Å². The molecule has 4 saturated heterocycles. The zero-order valence-electron chi connectivity index (χ0n) is 44.0. The fourth-order valence-electron chi connectivity index (χ4n) is 11.7. The number of nitrogens with one attached hydrogen (secondary N) is 2. The molecule has 0 radical (unpaired) electrons. The van der Waals surface area contributed by atoms with Gasteiger partial charge in [0.2, 0.25) is 5.91 Å². The number of aromatic nitrogens is 2. The maximum Gasteiger partial charge on any atom is 0.293 e. The molecule has 4 aromatic rings. The lowest BCUT2D eigenvalue weighted by atomic mass is 9.83. The number of rotatable bonds is 18. The van der Waals surface area contributed by atoms with Gasteiger partial charge >= 0.3 is 0 Å². The quantitative estimate of drug-likeness (QED) is 0.0742. The molecule has 2 aromatic carbocycles. The average molecular weight is 979 g/mol. The van der Waals surface area contributed by atoms with E-state index in [4.69, 9.17) is 21.0 Å². The minimum absolute atomic E-state index is 0.0354. The van der Waals surface area contributed by atoms with Crippen LogP contribution in [0.2, 0.25) is 0 Å². The zero-order chi connectivity index (χ0) is 51.2. The topological polar surface area (TPSA) is 125 Å². The highest BCUT2D eigenvalue weighted by Gasteiger charge is 2.50. The van der Waals surface area contributed by atoms with Gasteiger partial charge in [0.05, 0.1) is 36.3 Å². The van der Waals surface area contributed by atoms with Gasteiger partial charge in [-0.2, -0.15) is 0 Å². The maximum absolute atomic E-state index is 14.9. The van der Waals surface area contributed by atoms with Crippen LogP contribution in [-0.2, 0) is 43.7 Å². The molecule has 4 unspecified atom stereocenters. The van der Waals surface area contributed by atoms with E-state index in [1.807, 2.05) is 25.1 Å². The lowest BCUT2D eigenvalue weighted by Crippen LogP contribution is -2.59. The number of piperidine rings is 1. The summed E-state index contributed by atoms with van der Waals surface area (Å²) in [5.74, 6) is 6.42. The molecule has 384 valence electrons. The van der Waals surface area contributed by atoms with Crippen LogP contribution in [0.1, 0.15) is 102 Å². The predicted octanol–water partition coefficient (Wildman–Crippen LogP) is 8.45. The molecular weight excluding hydrogens is 901 g/mol. The van der Waals surface area contributed by atoms with Crippen LogP contribution >= 0.6 is 0 Å². The number of likely N-dealkylation sites (tertiary alicyclic amines) is 3. The first-order valence-electron chi connectivity index (χ1n) is 26.3. The molecule has 4 fully saturated rings. The number of pyridine rings is 1. The number of benzene rings is 2. The van der Waals surface area contributed by atoms with Crippen LogP contribution in [0.4, 0.5) is 0 Å². The van der Waals surface area contributed by atoms with Gasteiger partial charge in [-0.1, -0.05) is 83.5 Å². The first-order valence-corrected chi connectivity index (χ1v) is 26.3. The maximum atomic E-state index is 14.9. The van der Waals surface area contributed by atoms with Crippen molar-refractivity contribution in [3.8, 4) is 34.2 Å². The Balaban J connectivity index is 1.05. The molecule has 13 nitrogen and oxygen atoms in total. The van der Waals surface area contributed by atoms with Gasteiger partial charge in [-0.3, -0.25) is 29.3 Å². The normalized spacial score (nSPS) is 19.9. The van der Waals surface area contributed by atoms with Crippen molar-refractivity contribution in [2.45, 2.75) is 111 Å². The summed E-state index contributed by atoms with van der Waals surface area (Å²) in [6.45, 7) is 26.9. The monoisotopic (exact) mass is 979 g/mol. The fraction of sp³-hybridized carbons (Fsp3) is 0.525. The Hall–Kier alpha value is -5.94. The number of aryl methyl sites for hydroxylation is 1. The summed E-state index contributed by atoms with van der Waals surface area (Å²) in [6.07, 6.45) is 10.0. The van der Waals surface area contributed by atoms with E-state index >= 15 is 0 Å². The highest BCUT2D eigenvalue weighted by Crippen LogP contribution is 2.49. The number of hydrazine groups is 1. The Morgan fingerprint density at radius 1 is 0.972 bits per heavy atom. The number of hydrogen-bond donors (Lipinski definition) is 2. The molecule has 0 bridgehead atoms. The van der Waals surface area contributed by atoms with Crippen molar-refractivity contribution < 1.29 is 23.9 Å². The molecule has 72 heavy (non-hydrogen) atoms. The van der Waals surface area contributed by atoms with E-state index in [9.17, 15) is 14.4 Å². The number of fused-ring (bicyclic) bond motifs is 1. The van der Waals surface area contributed by atoms with Gasteiger partial charge in [-0.15, -0.1) is 0 Å². The number of methoxy groups -OCH3 is 1. The summed E-state index contributed by atoms with van der Waals surface area (Å²) >= 11 is 0. The Kier molecular flexibility index (Phi) is 16.6. The van der Waals surface area contributed by atoms with Gasteiger partial charge in [0.25, 0.3) is 12.4 Å². The second kappa shape index (κ2) is 22.9.